The van der Waals surface area contributed by atoms with E-state index in [9.17, 15) is 0 Å². The van der Waals surface area contributed by atoms with Crippen molar-refractivity contribution >= 4 is 10.9 Å². The van der Waals surface area contributed by atoms with Gasteiger partial charge in [0, 0.05) is 30.7 Å². The van der Waals surface area contributed by atoms with E-state index in [1.807, 2.05) is 0 Å². The van der Waals surface area contributed by atoms with E-state index >= 15 is 0 Å². The molecule has 2 N–H and O–H groups in total. The molecule has 0 atom stereocenters. The molecule has 0 fully saturated rings. The predicted molar refractivity (Wildman–Crippen MR) is 75.6 cm³/mol. The molecule has 18 heavy (non-hydrogen) atoms. The van der Waals surface area contributed by atoms with E-state index in [1.54, 1.807) is 0 Å². The largest absolute Gasteiger partial charge is 0.342 e. The number of aromatic nitrogens is 1. The maximum Gasteiger partial charge on any atom is 0.0513 e. The van der Waals surface area contributed by atoms with Crippen LogP contribution < -0.4 is 5.73 Å². The van der Waals surface area contributed by atoms with Crippen LogP contribution in [-0.2, 0) is 13.1 Å². The molecule has 1 aromatic carbocycles. The third-order valence-corrected chi connectivity index (χ3v) is 3.91. The van der Waals surface area contributed by atoms with Crippen molar-refractivity contribution < 1.29 is 0 Å². The first-order chi connectivity index (χ1) is 8.79. The molecule has 2 aromatic rings. The maximum atomic E-state index is 5.59. The number of rotatable bonds is 3. The molecule has 0 spiro atoms. The Labute approximate surface area is 108 Å². The van der Waals surface area contributed by atoms with E-state index < -0.39 is 0 Å². The summed E-state index contributed by atoms with van der Waals surface area (Å²) in [6.45, 7) is 7.43. The highest BCUT2D eigenvalue weighted by atomic mass is 15.2. The SMILES string of the molecule is Cc1cccc2cc3n(c12)CCN(CCCN)C3. The Morgan fingerprint density at radius 1 is 1.28 bits per heavy atom. The van der Waals surface area contributed by atoms with Crippen molar-refractivity contribution in [1.29, 1.82) is 0 Å². The van der Waals surface area contributed by atoms with E-state index in [1.165, 1.54) is 22.2 Å². The summed E-state index contributed by atoms with van der Waals surface area (Å²) >= 11 is 0. The summed E-state index contributed by atoms with van der Waals surface area (Å²) in [6, 6.07) is 8.92. The second-order valence-electron chi connectivity index (χ2n) is 5.22. The normalized spacial score (nSPS) is 16.1. The van der Waals surface area contributed by atoms with Gasteiger partial charge in [-0.05, 0) is 38.1 Å². The van der Waals surface area contributed by atoms with Crippen LogP contribution in [0.1, 0.15) is 17.7 Å². The van der Waals surface area contributed by atoms with Crippen LogP contribution in [0, 0.1) is 6.92 Å². The smallest absolute Gasteiger partial charge is 0.0513 e. The molecule has 1 aromatic heterocycles. The van der Waals surface area contributed by atoms with Crippen LogP contribution >= 0.6 is 0 Å². The number of para-hydroxylation sites is 1. The average Bonchev–Trinajstić information content (AvgIpc) is 2.75. The summed E-state index contributed by atoms with van der Waals surface area (Å²) in [5.41, 5.74) is 9.84. The van der Waals surface area contributed by atoms with Gasteiger partial charge in [0.25, 0.3) is 0 Å². The van der Waals surface area contributed by atoms with Crippen LogP contribution in [0.4, 0.5) is 0 Å². The van der Waals surface area contributed by atoms with Gasteiger partial charge in [-0.2, -0.15) is 0 Å². The van der Waals surface area contributed by atoms with Gasteiger partial charge in [0.1, 0.15) is 0 Å². The molecule has 1 aliphatic heterocycles. The molecule has 0 bridgehead atoms. The highest BCUT2D eigenvalue weighted by molar-refractivity contribution is 5.84. The lowest BCUT2D eigenvalue weighted by Crippen LogP contribution is -2.34. The third kappa shape index (κ3) is 1.93. The fourth-order valence-electron chi connectivity index (χ4n) is 3.01. The zero-order valence-corrected chi connectivity index (χ0v) is 11.0. The van der Waals surface area contributed by atoms with Crippen molar-refractivity contribution in [3.8, 4) is 0 Å². The first kappa shape index (κ1) is 11.8. The monoisotopic (exact) mass is 243 g/mol. The molecule has 0 aliphatic carbocycles. The summed E-state index contributed by atoms with van der Waals surface area (Å²) in [7, 11) is 0. The van der Waals surface area contributed by atoms with Crippen LogP contribution in [0.3, 0.4) is 0 Å². The molecule has 96 valence electrons. The molecule has 3 rings (SSSR count). The highest BCUT2D eigenvalue weighted by Crippen LogP contribution is 2.26. The summed E-state index contributed by atoms with van der Waals surface area (Å²) < 4.78 is 2.49. The molecule has 3 nitrogen and oxygen atoms in total. The Morgan fingerprint density at radius 3 is 3.00 bits per heavy atom. The first-order valence-electron chi connectivity index (χ1n) is 6.80. The Hall–Kier alpha value is -1.32. The van der Waals surface area contributed by atoms with E-state index in [4.69, 9.17) is 5.73 Å². The van der Waals surface area contributed by atoms with Crippen LogP contribution in [-0.4, -0.2) is 29.1 Å². The van der Waals surface area contributed by atoms with Gasteiger partial charge >= 0.3 is 0 Å². The third-order valence-electron chi connectivity index (χ3n) is 3.91. The minimum absolute atomic E-state index is 0.790. The number of benzene rings is 1. The lowest BCUT2D eigenvalue weighted by atomic mass is 10.2. The molecule has 1 aliphatic rings. The van der Waals surface area contributed by atoms with Crippen molar-refractivity contribution in [2.75, 3.05) is 19.6 Å². The van der Waals surface area contributed by atoms with Crippen LogP contribution in [0.25, 0.3) is 10.9 Å². The lowest BCUT2D eigenvalue weighted by molar-refractivity contribution is 0.222. The molecular formula is C15H21N3. The number of nitrogens with two attached hydrogens (primary N) is 1. The molecule has 0 unspecified atom stereocenters. The molecule has 0 radical (unpaired) electrons. The Kier molecular flexibility index (Phi) is 3.10. The molecule has 2 heterocycles. The first-order valence-corrected chi connectivity index (χ1v) is 6.80. The number of hydrogen-bond donors (Lipinski definition) is 1. The van der Waals surface area contributed by atoms with Gasteiger partial charge in [-0.1, -0.05) is 18.2 Å². The summed E-state index contributed by atoms with van der Waals surface area (Å²) in [5, 5.41) is 1.38. The van der Waals surface area contributed by atoms with Gasteiger partial charge in [-0.15, -0.1) is 0 Å². The quantitative estimate of drug-likeness (QED) is 0.896. The second kappa shape index (κ2) is 4.75. The standard InChI is InChI=1S/C15H21N3/c1-12-4-2-5-13-10-14-11-17(7-3-6-16)8-9-18(14)15(12)13/h2,4-5,10H,3,6-9,11,16H2,1H3. The van der Waals surface area contributed by atoms with Crippen molar-refractivity contribution in [3.05, 3.63) is 35.5 Å². The van der Waals surface area contributed by atoms with E-state index in [2.05, 4.69) is 40.7 Å². The predicted octanol–water partition coefficient (Wildman–Crippen LogP) is 2.11. The van der Waals surface area contributed by atoms with Crippen molar-refractivity contribution in [1.82, 2.24) is 9.47 Å². The molecule has 0 saturated carbocycles. The minimum atomic E-state index is 0.790. The van der Waals surface area contributed by atoms with Gasteiger partial charge in [0.05, 0.1) is 5.52 Å². The lowest BCUT2D eigenvalue weighted by Gasteiger charge is -2.29. The van der Waals surface area contributed by atoms with Gasteiger partial charge < -0.3 is 10.3 Å². The van der Waals surface area contributed by atoms with Gasteiger partial charge in [-0.3, -0.25) is 4.90 Å². The fraction of sp³-hybridized carbons (Fsp3) is 0.467. The number of fused-ring (bicyclic) bond motifs is 3. The fourth-order valence-corrected chi connectivity index (χ4v) is 3.01. The molecule has 0 amide bonds. The van der Waals surface area contributed by atoms with Crippen molar-refractivity contribution in [2.24, 2.45) is 5.73 Å². The summed E-state index contributed by atoms with van der Waals surface area (Å²) in [6.07, 6.45) is 1.10. The van der Waals surface area contributed by atoms with Crippen molar-refractivity contribution in [3.63, 3.8) is 0 Å². The number of aryl methyl sites for hydroxylation is 1. The highest BCUT2D eigenvalue weighted by Gasteiger charge is 2.18. The topological polar surface area (TPSA) is 34.2 Å². The van der Waals surface area contributed by atoms with Gasteiger partial charge in [0.2, 0.25) is 0 Å². The van der Waals surface area contributed by atoms with Crippen LogP contribution in [0.5, 0.6) is 0 Å². The number of hydrogen-bond acceptors (Lipinski definition) is 2. The summed E-state index contributed by atoms with van der Waals surface area (Å²) in [5.74, 6) is 0. The second-order valence-corrected chi connectivity index (χ2v) is 5.22. The zero-order valence-electron chi connectivity index (χ0n) is 11.0. The van der Waals surface area contributed by atoms with Crippen LogP contribution in [0.2, 0.25) is 0 Å². The van der Waals surface area contributed by atoms with Gasteiger partial charge in [0.15, 0.2) is 0 Å². The van der Waals surface area contributed by atoms with Gasteiger partial charge in [-0.25, -0.2) is 0 Å². The summed E-state index contributed by atoms with van der Waals surface area (Å²) in [4.78, 5) is 2.51. The minimum Gasteiger partial charge on any atom is -0.342 e. The average molecular weight is 243 g/mol. The van der Waals surface area contributed by atoms with E-state index in [0.717, 1.165) is 39.1 Å². The van der Waals surface area contributed by atoms with Crippen molar-refractivity contribution in [2.45, 2.75) is 26.4 Å². The van der Waals surface area contributed by atoms with E-state index in [-0.39, 0.29) is 0 Å². The molecule has 3 heteroatoms. The Bertz CT molecular complexity index is 556. The van der Waals surface area contributed by atoms with Crippen LogP contribution in [0.15, 0.2) is 24.3 Å². The van der Waals surface area contributed by atoms with E-state index in [0.29, 0.717) is 0 Å². The zero-order chi connectivity index (χ0) is 12.5. The maximum absolute atomic E-state index is 5.59. The molecular weight excluding hydrogens is 222 g/mol. The number of nitrogens with zero attached hydrogens (tertiary/aromatic N) is 2. The Morgan fingerprint density at radius 2 is 2.17 bits per heavy atom. The molecule has 0 saturated heterocycles. The Balaban J connectivity index is 1.93.